The number of rotatable bonds is 3. The molecule has 3 N–H and O–H groups in total. The minimum atomic E-state index is -0.465. The lowest BCUT2D eigenvalue weighted by molar-refractivity contribution is 0.100. The van der Waals surface area contributed by atoms with Crippen molar-refractivity contribution in [3.8, 4) is 0 Å². The molecule has 0 bridgehead atoms. The van der Waals surface area contributed by atoms with E-state index in [1.165, 1.54) is 27.6 Å². The third kappa shape index (κ3) is 3.05. The van der Waals surface area contributed by atoms with Gasteiger partial charge in [0.1, 0.15) is 5.00 Å². The van der Waals surface area contributed by atoms with E-state index < -0.39 is 5.91 Å². The number of fused-ring (bicyclic) bond motifs is 2. The van der Waals surface area contributed by atoms with Crippen molar-refractivity contribution < 1.29 is 9.59 Å². The molecule has 0 unspecified atom stereocenters. The molecule has 25 heavy (non-hydrogen) atoms. The summed E-state index contributed by atoms with van der Waals surface area (Å²) in [6.45, 7) is 0. The van der Waals surface area contributed by atoms with Crippen LogP contribution in [0.15, 0.2) is 23.7 Å². The number of nitrogens with one attached hydrogen (secondary N) is 1. The highest BCUT2D eigenvalue weighted by Gasteiger charge is 2.24. The van der Waals surface area contributed by atoms with Gasteiger partial charge < -0.3 is 11.1 Å². The number of anilines is 1. The first-order valence-corrected chi connectivity index (χ1v) is 9.92. The Morgan fingerprint density at radius 1 is 1.16 bits per heavy atom. The number of hydrogen-bond donors (Lipinski definition) is 2. The molecule has 0 saturated carbocycles. The molecule has 0 atom stereocenters. The van der Waals surface area contributed by atoms with Gasteiger partial charge in [0, 0.05) is 10.4 Å². The molecule has 7 heteroatoms. The maximum atomic E-state index is 12.7. The lowest BCUT2D eigenvalue weighted by atomic mass is 10.1. The molecule has 1 aliphatic rings. The van der Waals surface area contributed by atoms with E-state index in [9.17, 15) is 9.59 Å². The van der Waals surface area contributed by atoms with Crippen LogP contribution in [0, 0.1) is 0 Å². The minimum Gasteiger partial charge on any atom is -0.365 e. The van der Waals surface area contributed by atoms with Gasteiger partial charge in [-0.05, 0) is 49.4 Å². The Balaban J connectivity index is 1.67. The number of carbonyl (C=O) groups is 2. The van der Waals surface area contributed by atoms with Crippen LogP contribution in [0.4, 0.5) is 5.00 Å². The number of thiazole rings is 1. The summed E-state index contributed by atoms with van der Waals surface area (Å²) >= 11 is 2.98. The molecule has 2 amide bonds. The third-order valence-electron chi connectivity index (χ3n) is 4.49. The van der Waals surface area contributed by atoms with Crippen LogP contribution < -0.4 is 11.1 Å². The lowest BCUT2D eigenvalue weighted by Gasteiger charge is -2.06. The number of aromatic nitrogens is 1. The molecule has 0 radical (unpaired) electrons. The summed E-state index contributed by atoms with van der Waals surface area (Å²) in [6.07, 6.45) is 5.13. The molecule has 3 aromatic rings. The van der Waals surface area contributed by atoms with Crippen LogP contribution in [0.3, 0.4) is 0 Å². The summed E-state index contributed by atoms with van der Waals surface area (Å²) in [5, 5.41) is 3.48. The molecule has 0 spiro atoms. The molecule has 2 aromatic heterocycles. The largest absolute Gasteiger partial charge is 0.365 e. The molecule has 1 aliphatic carbocycles. The van der Waals surface area contributed by atoms with Crippen LogP contribution in [0.25, 0.3) is 10.2 Å². The molecule has 0 fully saturated rings. The average molecular weight is 371 g/mol. The molecule has 2 heterocycles. The Hall–Kier alpha value is -2.25. The molecule has 4 rings (SSSR count). The highest BCUT2D eigenvalue weighted by molar-refractivity contribution is 7.17. The first kappa shape index (κ1) is 16.2. The van der Waals surface area contributed by atoms with E-state index in [1.807, 2.05) is 12.1 Å². The predicted molar refractivity (Wildman–Crippen MR) is 102 cm³/mol. The van der Waals surface area contributed by atoms with E-state index in [4.69, 9.17) is 5.73 Å². The Kier molecular flexibility index (Phi) is 4.27. The van der Waals surface area contributed by atoms with Gasteiger partial charge in [-0.3, -0.25) is 9.59 Å². The average Bonchev–Trinajstić information content (AvgIpc) is 3.12. The molecular formula is C18H17N3O2S2. The quantitative estimate of drug-likeness (QED) is 0.683. The minimum absolute atomic E-state index is 0.228. The molecule has 0 aliphatic heterocycles. The van der Waals surface area contributed by atoms with Gasteiger partial charge in [0.2, 0.25) is 0 Å². The Labute approximate surface area is 152 Å². The standard InChI is InChI=1S/C18H17N3O2S2/c19-16(22)15-11-4-2-1-3-5-13(11)25-18(15)21-17(23)10-6-7-12-14(8-10)24-9-20-12/h6-9H,1-5H2,(H2,19,22)(H,21,23). The smallest absolute Gasteiger partial charge is 0.256 e. The number of primary amides is 1. The van der Waals surface area contributed by atoms with Crippen molar-refractivity contribution in [1.82, 2.24) is 4.98 Å². The van der Waals surface area contributed by atoms with E-state index in [0.29, 0.717) is 16.1 Å². The zero-order valence-corrected chi connectivity index (χ0v) is 15.1. The van der Waals surface area contributed by atoms with Crippen molar-refractivity contribution in [1.29, 1.82) is 0 Å². The van der Waals surface area contributed by atoms with Gasteiger partial charge in [0.05, 0.1) is 21.3 Å². The summed E-state index contributed by atoms with van der Waals surface area (Å²) in [4.78, 5) is 30.1. The number of hydrogen-bond acceptors (Lipinski definition) is 5. The summed E-state index contributed by atoms with van der Waals surface area (Å²) < 4.78 is 0.963. The monoisotopic (exact) mass is 371 g/mol. The number of thiophene rings is 1. The van der Waals surface area contributed by atoms with Crippen molar-refractivity contribution in [3.05, 3.63) is 45.3 Å². The van der Waals surface area contributed by atoms with Crippen molar-refractivity contribution in [2.75, 3.05) is 5.32 Å². The first-order chi connectivity index (χ1) is 12.1. The summed E-state index contributed by atoms with van der Waals surface area (Å²) in [6, 6.07) is 5.41. The van der Waals surface area contributed by atoms with Gasteiger partial charge in [-0.25, -0.2) is 4.98 Å². The van der Waals surface area contributed by atoms with E-state index in [0.717, 1.165) is 47.9 Å². The van der Waals surface area contributed by atoms with Gasteiger partial charge in [-0.15, -0.1) is 22.7 Å². The third-order valence-corrected chi connectivity index (χ3v) is 6.49. The molecule has 0 saturated heterocycles. The van der Waals surface area contributed by atoms with Crippen LogP contribution >= 0.6 is 22.7 Å². The number of aryl methyl sites for hydroxylation is 1. The van der Waals surface area contributed by atoms with Gasteiger partial charge in [-0.2, -0.15) is 0 Å². The number of nitrogens with zero attached hydrogens (tertiary/aromatic N) is 1. The zero-order valence-electron chi connectivity index (χ0n) is 13.5. The number of nitrogens with two attached hydrogens (primary N) is 1. The molecule has 1 aromatic carbocycles. The van der Waals surface area contributed by atoms with E-state index >= 15 is 0 Å². The van der Waals surface area contributed by atoms with E-state index in [1.54, 1.807) is 11.6 Å². The number of carbonyl (C=O) groups excluding carboxylic acids is 2. The molecule has 128 valence electrons. The van der Waals surface area contributed by atoms with Crippen molar-refractivity contribution in [2.24, 2.45) is 5.73 Å². The topological polar surface area (TPSA) is 85.1 Å². The normalized spacial score (nSPS) is 14.1. The fourth-order valence-electron chi connectivity index (χ4n) is 3.26. The predicted octanol–water partition coefficient (Wildman–Crippen LogP) is 3.98. The zero-order chi connectivity index (χ0) is 17.4. The summed E-state index contributed by atoms with van der Waals surface area (Å²) in [5.74, 6) is -0.693. The maximum Gasteiger partial charge on any atom is 0.256 e. The second kappa shape index (κ2) is 6.57. The SMILES string of the molecule is NC(=O)c1c(NC(=O)c2ccc3ncsc3c2)sc2c1CCCCC2. The highest BCUT2D eigenvalue weighted by Crippen LogP contribution is 2.37. The fourth-order valence-corrected chi connectivity index (χ4v) is 5.27. The van der Waals surface area contributed by atoms with Crippen LogP contribution in [0.5, 0.6) is 0 Å². The summed E-state index contributed by atoms with van der Waals surface area (Å²) in [7, 11) is 0. The van der Waals surface area contributed by atoms with Gasteiger partial charge in [0.15, 0.2) is 0 Å². The first-order valence-electron chi connectivity index (χ1n) is 8.22. The Morgan fingerprint density at radius 3 is 2.84 bits per heavy atom. The lowest BCUT2D eigenvalue weighted by Crippen LogP contribution is -2.18. The van der Waals surface area contributed by atoms with Crippen LogP contribution in [0.1, 0.15) is 50.4 Å². The van der Waals surface area contributed by atoms with Crippen LogP contribution in [-0.4, -0.2) is 16.8 Å². The van der Waals surface area contributed by atoms with Crippen LogP contribution in [-0.2, 0) is 12.8 Å². The van der Waals surface area contributed by atoms with Gasteiger partial charge in [-0.1, -0.05) is 6.42 Å². The van der Waals surface area contributed by atoms with Crippen molar-refractivity contribution in [3.63, 3.8) is 0 Å². The van der Waals surface area contributed by atoms with Crippen molar-refractivity contribution in [2.45, 2.75) is 32.1 Å². The number of amides is 2. The van der Waals surface area contributed by atoms with Crippen molar-refractivity contribution >= 4 is 49.7 Å². The van der Waals surface area contributed by atoms with Gasteiger partial charge in [0.25, 0.3) is 11.8 Å². The van der Waals surface area contributed by atoms with Crippen LogP contribution in [0.2, 0.25) is 0 Å². The maximum absolute atomic E-state index is 12.7. The summed E-state index contributed by atoms with van der Waals surface area (Å²) in [5.41, 5.74) is 10.3. The molecular weight excluding hydrogens is 354 g/mol. The number of benzene rings is 1. The van der Waals surface area contributed by atoms with E-state index in [-0.39, 0.29) is 5.91 Å². The van der Waals surface area contributed by atoms with E-state index in [2.05, 4.69) is 10.3 Å². The molecule has 5 nitrogen and oxygen atoms in total. The Morgan fingerprint density at radius 2 is 2.00 bits per heavy atom. The second-order valence-electron chi connectivity index (χ2n) is 6.12. The van der Waals surface area contributed by atoms with Gasteiger partial charge >= 0.3 is 0 Å². The fraction of sp³-hybridized carbons (Fsp3) is 0.278. The highest BCUT2D eigenvalue weighted by atomic mass is 32.1. The Bertz CT molecular complexity index is 974. The second-order valence-corrected chi connectivity index (χ2v) is 8.11.